The van der Waals surface area contributed by atoms with E-state index in [2.05, 4.69) is 20.8 Å². The zero-order valence-corrected chi connectivity index (χ0v) is 38.0. The number of hydrogen-bond donors (Lipinski definition) is 2. The molecule has 0 radical (unpaired) electrons. The van der Waals surface area contributed by atoms with Crippen molar-refractivity contribution in [2.75, 3.05) is 11.2 Å². The van der Waals surface area contributed by atoms with Gasteiger partial charge in [0.05, 0.1) is 6.04 Å². The van der Waals surface area contributed by atoms with Gasteiger partial charge >= 0.3 is 0 Å². The maximum Gasteiger partial charge on any atom is 0.276 e. The Morgan fingerprint density at radius 3 is 1.45 bits per heavy atom. The summed E-state index contributed by atoms with van der Waals surface area (Å²) in [4.78, 5) is 42.2. The number of aromatic amines is 1. The molecule has 2 atom stereocenters. The predicted octanol–water partition coefficient (Wildman–Crippen LogP) is 8.16. The Hall–Kier alpha value is -7.49. The Balaban J connectivity index is 0.000000940. The first kappa shape index (κ1) is 46.1. The first-order valence-electron chi connectivity index (χ1n) is 21.1. The number of benzene rings is 6. The molecule has 0 aliphatic carbocycles. The van der Waals surface area contributed by atoms with Crippen molar-refractivity contribution in [2.45, 2.75) is 23.2 Å². The van der Waals surface area contributed by atoms with Crippen LogP contribution in [0, 0.1) is 0 Å². The number of β-lactam (4-membered cyclic amide) rings is 1. The summed E-state index contributed by atoms with van der Waals surface area (Å²) in [6, 6.07) is 61.1. The fourth-order valence-corrected chi connectivity index (χ4v) is 10.0. The molecular weight excluding hydrogens is 904 g/mol. The molecule has 1 aliphatic heterocycles. The highest BCUT2D eigenvalue weighted by atomic mass is 35.5. The molecule has 336 valence electrons. The van der Waals surface area contributed by atoms with Gasteiger partial charge in [0.1, 0.15) is 17.3 Å². The van der Waals surface area contributed by atoms with Crippen LogP contribution in [0.4, 0.5) is 5.13 Å². The third-order valence-corrected chi connectivity index (χ3v) is 13.2. The van der Waals surface area contributed by atoms with E-state index >= 15 is 0 Å². The number of oxime groups is 1. The number of thiazole rings is 1. The molecule has 2 aromatic heterocycles. The molecule has 2 unspecified atom stereocenters. The number of halogens is 1. The van der Waals surface area contributed by atoms with E-state index in [1.807, 2.05) is 213 Å². The van der Waals surface area contributed by atoms with Gasteiger partial charge in [0, 0.05) is 40.1 Å². The topological polar surface area (TPSA) is 167 Å². The molecule has 0 bridgehead atoms. The molecule has 3 N–H and O–H groups in total. The number of aromatic nitrogens is 2. The van der Waals surface area contributed by atoms with Crippen LogP contribution in [0.25, 0.3) is 0 Å². The van der Waals surface area contributed by atoms with Crippen molar-refractivity contribution in [3.8, 4) is 0 Å². The van der Waals surface area contributed by atoms with Crippen molar-refractivity contribution in [3.05, 3.63) is 257 Å². The minimum absolute atomic E-state index is 0.0821. The van der Waals surface area contributed by atoms with Crippen LogP contribution in [-0.2, 0) is 35.9 Å². The van der Waals surface area contributed by atoms with E-state index in [1.165, 1.54) is 11.3 Å². The Morgan fingerprint density at radius 1 is 0.687 bits per heavy atom. The zero-order valence-electron chi connectivity index (χ0n) is 35.6. The average molecular weight is 948 g/mol. The number of rotatable bonds is 15. The number of alkyl halides is 1. The molecule has 67 heavy (non-hydrogen) atoms. The smallest absolute Gasteiger partial charge is 0.276 e. The quantitative estimate of drug-likeness (QED) is 0.0259. The Bertz CT molecular complexity index is 2790. The third kappa shape index (κ3) is 9.74. The van der Waals surface area contributed by atoms with Crippen LogP contribution in [0.2, 0.25) is 0 Å². The summed E-state index contributed by atoms with van der Waals surface area (Å²) < 4.78 is 36.0. The van der Waals surface area contributed by atoms with Crippen LogP contribution >= 0.6 is 22.9 Å². The van der Waals surface area contributed by atoms with E-state index in [1.54, 1.807) is 5.38 Å². The van der Waals surface area contributed by atoms with Crippen LogP contribution in [0.3, 0.4) is 0 Å². The fraction of sp³-hybridized carbons (Fsp3) is 0.0962. The van der Waals surface area contributed by atoms with Crippen LogP contribution in [-0.4, -0.2) is 57.7 Å². The van der Waals surface area contributed by atoms with Gasteiger partial charge in [0.2, 0.25) is 5.60 Å². The van der Waals surface area contributed by atoms with Gasteiger partial charge in [-0.15, -0.1) is 22.9 Å². The number of amides is 2. The number of nitrogens with one attached hydrogen (secondary N) is 3. The molecule has 6 aromatic carbocycles. The van der Waals surface area contributed by atoms with Crippen molar-refractivity contribution in [2.24, 2.45) is 5.16 Å². The van der Waals surface area contributed by atoms with Crippen LogP contribution in [0.5, 0.6) is 0 Å². The number of nitrogens with zero attached hydrogens (tertiary/aromatic N) is 3. The standard InChI is InChI=1S/C47H38ClN5O6S2.C5H5N/c48-31-40-42(44(55)53(40)61(56,57)58)50-43(54)41(52-59-47(36-25-13-4-14-26-36,37-27-15-5-16-28-37)38-29-17-6-18-30-38)39-32-60-45(49-39)51-46(33-19-7-1-8-20-33,34-21-9-2-10-22-34)35-23-11-3-12-24-35;1-2-4-6-5-3-1/h1-30,32,40,42H,31H2,(H,49,51)(H,50,54)(H,56,57,58);1-5H. The van der Waals surface area contributed by atoms with Crippen molar-refractivity contribution < 1.29 is 32.4 Å². The number of anilines is 1. The van der Waals surface area contributed by atoms with Crippen LogP contribution in [0.15, 0.2) is 223 Å². The maximum absolute atomic E-state index is 14.6. The van der Waals surface area contributed by atoms with Gasteiger partial charge in [-0.2, -0.15) is 0 Å². The van der Waals surface area contributed by atoms with Gasteiger partial charge < -0.3 is 20.0 Å². The van der Waals surface area contributed by atoms with Crippen molar-refractivity contribution in [3.63, 3.8) is 0 Å². The lowest BCUT2D eigenvalue weighted by Gasteiger charge is -2.46. The summed E-state index contributed by atoms with van der Waals surface area (Å²) in [6.07, 6.45) is 3.75. The summed E-state index contributed by atoms with van der Waals surface area (Å²) >= 11 is 7.28. The van der Waals surface area contributed by atoms with Crippen molar-refractivity contribution in [1.29, 1.82) is 0 Å². The van der Waals surface area contributed by atoms with Crippen molar-refractivity contribution in [1.82, 2.24) is 14.6 Å². The normalized spacial score (nSPS) is 15.0. The molecule has 2 amide bonds. The second kappa shape index (κ2) is 20.8. The highest BCUT2D eigenvalue weighted by molar-refractivity contribution is 7.84. The number of carbonyl (C=O) groups is 2. The number of pyridine rings is 1. The average Bonchev–Trinajstić information content (AvgIpc) is 3.85. The van der Waals surface area contributed by atoms with Crippen LogP contribution < -0.4 is 15.6 Å². The number of H-pyrrole nitrogens is 1. The number of hydrogen-bond acceptors (Lipinski definition) is 10. The second-order valence-corrected chi connectivity index (χ2v) is 17.6. The van der Waals surface area contributed by atoms with E-state index in [4.69, 9.17) is 21.4 Å². The van der Waals surface area contributed by atoms with Gasteiger partial charge in [-0.25, -0.2) is 22.7 Å². The maximum atomic E-state index is 14.6. The summed E-state index contributed by atoms with van der Waals surface area (Å²) in [5.74, 6) is -2.48. The van der Waals surface area contributed by atoms with Crippen molar-refractivity contribution >= 4 is 55.9 Å². The largest absolute Gasteiger partial charge is 0.731 e. The van der Waals surface area contributed by atoms with Gasteiger partial charge in [-0.3, -0.25) is 9.59 Å². The second-order valence-electron chi connectivity index (χ2n) is 15.2. The summed E-state index contributed by atoms with van der Waals surface area (Å²) in [5.41, 5.74) is 2.24. The lowest BCUT2D eigenvalue weighted by atomic mass is 9.77. The molecule has 1 fully saturated rings. The first-order valence-corrected chi connectivity index (χ1v) is 23.8. The Labute approximate surface area is 397 Å². The molecule has 9 rings (SSSR count). The highest BCUT2D eigenvalue weighted by Gasteiger charge is 2.51. The molecule has 0 spiro atoms. The monoisotopic (exact) mass is 946 g/mol. The van der Waals surface area contributed by atoms with E-state index < -0.39 is 51.2 Å². The summed E-state index contributed by atoms with van der Waals surface area (Å²) in [5, 5.41) is 13.0. The Morgan fingerprint density at radius 2 is 1.09 bits per heavy atom. The summed E-state index contributed by atoms with van der Waals surface area (Å²) in [7, 11) is -5.20. The molecule has 12 nitrogen and oxygen atoms in total. The molecule has 1 saturated heterocycles. The Kier molecular flexibility index (Phi) is 14.3. The van der Waals surface area contributed by atoms with E-state index in [-0.39, 0.29) is 15.7 Å². The molecule has 8 aromatic rings. The molecule has 15 heteroatoms. The third-order valence-electron chi connectivity index (χ3n) is 11.2. The molecular formula is C52H43ClN6O6S2. The molecule has 0 saturated carbocycles. The van der Waals surface area contributed by atoms with Crippen LogP contribution in [0.1, 0.15) is 39.1 Å². The van der Waals surface area contributed by atoms with E-state index in [9.17, 15) is 22.6 Å². The van der Waals surface area contributed by atoms with E-state index in [0.29, 0.717) is 21.8 Å². The molecule has 1 aliphatic rings. The minimum Gasteiger partial charge on any atom is -0.731 e. The van der Waals surface area contributed by atoms with Gasteiger partial charge in [0.15, 0.2) is 33.5 Å². The minimum atomic E-state index is -5.20. The highest BCUT2D eigenvalue weighted by Crippen LogP contribution is 2.42. The lowest BCUT2D eigenvalue weighted by molar-refractivity contribution is -0.377. The van der Waals surface area contributed by atoms with Gasteiger partial charge in [-0.05, 0) is 16.7 Å². The van der Waals surface area contributed by atoms with E-state index in [0.717, 1.165) is 16.7 Å². The number of carbonyl (C=O) groups excluding carboxylic acids is 2. The lowest BCUT2D eigenvalue weighted by Crippen LogP contribution is -2.73. The zero-order chi connectivity index (χ0) is 46.7. The fourth-order valence-electron chi connectivity index (χ4n) is 8.03. The SMILES string of the molecule is O=C(NC1C(=O)N(S(=O)(=O)[O-])C1CCl)C(=NOC(c1ccccc1)(c1ccccc1)c1ccccc1)c1csc(NC(c2ccccc2)(c2ccccc2)c2ccccc2)n1.c1cc[nH+]cc1. The molecule has 3 heterocycles. The summed E-state index contributed by atoms with van der Waals surface area (Å²) in [6.45, 7) is 0. The predicted molar refractivity (Wildman–Crippen MR) is 258 cm³/mol. The van der Waals surface area contributed by atoms with Gasteiger partial charge in [-0.1, -0.05) is 193 Å². The van der Waals surface area contributed by atoms with Gasteiger partial charge in [0.25, 0.3) is 11.8 Å². The first-order chi connectivity index (χ1) is 32.7.